The molecular weight excluding hydrogens is 324 g/mol. The van der Waals surface area contributed by atoms with Gasteiger partial charge in [0.25, 0.3) is 0 Å². The molecule has 0 aliphatic heterocycles. The quantitative estimate of drug-likeness (QED) is 0.380. The highest BCUT2D eigenvalue weighted by atomic mass is 32.2. The molecule has 0 fully saturated rings. The average Bonchev–Trinajstić information content (AvgIpc) is 2.97. The summed E-state index contributed by atoms with van der Waals surface area (Å²) in [5.74, 6) is 4.92. The van der Waals surface area contributed by atoms with Crippen molar-refractivity contribution in [2.24, 2.45) is 0 Å². The predicted molar refractivity (Wildman–Crippen MR) is 98.3 cm³/mol. The van der Waals surface area contributed by atoms with Crippen LogP contribution in [0.4, 0.5) is 0 Å². The Kier molecular flexibility index (Phi) is 4.85. The zero-order valence-corrected chi connectivity index (χ0v) is 14.6. The van der Waals surface area contributed by atoms with Crippen LogP contribution in [-0.2, 0) is 0 Å². The maximum atomic E-state index is 5.51. The normalized spacial score (nSPS) is 10.7. The number of rotatable bonds is 5. The Labute approximate surface area is 144 Å². The molecule has 0 unspecified atom stereocenters. The Hall–Kier alpha value is -2.03. The first kappa shape index (κ1) is 15.9. The molecule has 0 amide bonds. The standard InChI is InChI=1S/C18H16N2OS2/c1-4-10-22-17-16-15(11-23-18(16)20-12(3)19-17)13-6-8-14(9-7-13)21-5-2/h1,6-9,11H,5,10H2,2-3H3. The van der Waals surface area contributed by atoms with E-state index in [1.54, 1.807) is 23.1 Å². The molecule has 2 heterocycles. The summed E-state index contributed by atoms with van der Waals surface area (Å²) in [4.78, 5) is 10.1. The minimum atomic E-state index is 0.601. The summed E-state index contributed by atoms with van der Waals surface area (Å²) in [6.45, 7) is 4.56. The van der Waals surface area contributed by atoms with Gasteiger partial charge in [-0.15, -0.1) is 17.8 Å². The fourth-order valence-corrected chi connectivity index (χ4v) is 4.16. The Morgan fingerprint density at radius 2 is 2.04 bits per heavy atom. The molecule has 3 nitrogen and oxygen atoms in total. The number of terminal acetylenes is 1. The smallest absolute Gasteiger partial charge is 0.128 e. The van der Waals surface area contributed by atoms with Crippen LogP contribution < -0.4 is 4.74 Å². The summed E-state index contributed by atoms with van der Waals surface area (Å²) in [6.07, 6.45) is 5.40. The molecule has 23 heavy (non-hydrogen) atoms. The van der Waals surface area contributed by atoms with E-state index in [1.165, 1.54) is 0 Å². The van der Waals surface area contributed by atoms with Crippen LogP contribution >= 0.6 is 23.1 Å². The zero-order valence-electron chi connectivity index (χ0n) is 13.0. The van der Waals surface area contributed by atoms with E-state index in [1.807, 2.05) is 26.0 Å². The number of nitrogens with zero attached hydrogens (tertiary/aromatic N) is 2. The largest absolute Gasteiger partial charge is 0.494 e. The van der Waals surface area contributed by atoms with Gasteiger partial charge in [0, 0.05) is 10.9 Å². The lowest BCUT2D eigenvalue weighted by molar-refractivity contribution is 0.340. The van der Waals surface area contributed by atoms with Gasteiger partial charge in [-0.1, -0.05) is 29.8 Å². The fourth-order valence-electron chi connectivity index (χ4n) is 2.34. The molecule has 3 rings (SSSR count). The lowest BCUT2D eigenvalue weighted by Crippen LogP contribution is -1.92. The van der Waals surface area contributed by atoms with Crippen LogP contribution in [0.5, 0.6) is 5.75 Å². The number of fused-ring (bicyclic) bond motifs is 1. The van der Waals surface area contributed by atoms with E-state index in [0.717, 1.165) is 37.9 Å². The van der Waals surface area contributed by atoms with E-state index in [9.17, 15) is 0 Å². The van der Waals surface area contributed by atoms with Crippen molar-refractivity contribution in [3.8, 4) is 29.2 Å². The second-order valence-corrected chi connectivity index (χ2v) is 6.68. The molecular formula is C18H16N2OS2. The molecule has 3 aromatic rings. The maximum absolute atomic E-state index is 5.51. The van der Waals surface area contributed by atoms with Crippen molar-refractivity contribution in [1.29, 1.82) is 0 Å². The highest BCUT2D eigenvalue weighted by molar-refractivity contribution is 7.99. The molecule has 2 aromatic heterocycles. The van der Waals surface area contributed by atoms with Crippen molar-refractivity contribution in [1.82, 2.24) is 9.97 Å². The highest BCUT2D eigenvalue weighted by Gasteiger charge is 2.14. The number of thioether (sulfide) groups is 1. The lowest BCUT2D eigenvalue weighted by atomic mass is 10.1. The number of aromatic nitrogens is 2. The molecule has 116 valence electrons. The van der Waals surface area contributed by atoms with Crippen LogP contribution in [0, 0.1) is 19.3 Å². The number of thiophene rings is 1. The Bertz CT molecular complexity index is 863. The van der Waals surface area contributed by atoms with Crippen LogP contribution in [0.15, 0.2) is 34.7 Å². The zero-order chi connectivity index (χ0) is 16.2. The molecule has 0 bridgehead atoms. The minimum absolute atomic E-state index is 0.601. The van der Waals surface area contributed by atoms with Gasteiger partial charge in [0.1, 0.15) is 21.4 Å². The summed E-state index contributed by atoms with van der Waals surface area (Å²) >= 11 is 3.22. The molecule has 0 spiro atoms. The first-order chi connectivity index (χ1) is 11.2. The van der Waals surface area contributed by atoms with Crippen LogP contribution in [0.2, 0.25) is 0 Å². The van der Waals surface area contributed by atoms with Gasteiger partial charge >= 0.3 is 0 Å². The SMILES string of the molecule is C#CCSc1nc(C)nc2scc(-c3ccc(OCC)cc3)c12. The summed E-state index contributed by atoms with van der Waals surface area (Å²) in [5.41, 5.74) is 2.28. The number of aryl methyl sites for hydroxylation is 1. The van der Waals surface area contributed by atoms with Crippen molar-refractivity contribution >= 4 is 33.3 Å². The number of hydrogen-bond donors (Lipinski definition) is 0. The van der Waals surface area contributed by atoms with Gasteiger partial charge in [0.2, 0.25) is 0 Å². The molecule has 0 atom stereocenters. The van der Waals surface area contributed by atoms with Crippen molar-refractivity contribution in [2.75, 3.05) is 12.4 Å². The number of benzene rings is 1. The molecule has 0 aliphatic carbocycles. The van der Waals surface area contributed by atoms with Gasteiger partial charge in [-0.05, 0) is 31.5 Å². The van der Waals surface area contributed by atoms with Crippen molar-refractivity contribution in [3.05, 3.63) is 35.5 Å². The Morgan fingerprint density at radius 1 is 1.26 bits per heavy atom. The predicted octanol–water partition coefficient (Wildman–Crippen LogP) is 4.79. The van der Waals surface area contributed by atoms with Crippen LogP contribution in [0.1, 0.15) is 12.7 Å². The first-order valence-corrected chi connectivity index (χ1v) is 9.14. The monoisotopic (exact) mass is 340 g/mol. The van der Waals surface area contributed by atoms with Gasteiger partial charge in [-0.2, -0.15) is 0 Å². The summed E-state index contributed by atoms with van der Waals surface area (Å²) < 4.78 is 5.51. The van der Waals surface area contributed by atoms with Gasteiger partial charge < -0.3 is 4.74 Å². The van der Waals surface area contributed by atoms with Gasteiger partial charge in [-0.25, -0.2) is 9.97 Å². The number of hydrogen-bond acceptors (Lipinski definition) is 5. The second kappa shape index (κ2) is 7.03. The topological polar surface area (TPSA) is 35.0 Å². The molecule has 0 saturated carbocycles. The molecule has 1 aromatic carbocycles. The van der Waals surface area contributed by atoms with Crippen molar-refractivity contribution in [2.45, 2.75) is 18.9 Å². The molecule has 0 N–H and O–H groups in total. The van der Waals surface area contributed by atoms with E-state index < -0.39 is 0 Å². The van der Waals surface area contributed by atoms with Crippen molar-refractivity contribution in [3.63, 3.8) is 0 Å². The summed E-state index contributed by atoms with van der Waals surface area (Å²) in [5, 5.41) is 4.18. The second-order valence-electron chi connectivity index (χ2n) is 4.86. The fraction of sp³-hybridized carbons (Fsp3) is 0.222. The first-order valence-electron chi connectivity index (χ1n) is 7.28. The minimum Gasteiger partial charge on any atom is -0.494 e. The van der Waals surface area contributed by atoms with Crippen molar-refractivity contribution < 1.29 is 4.74 Å². The average molecular weight is 340 g/mol. The third-order valence-corrected chi connectivity index (χ3v) is 5.03. The van der Waals surface area contributed by atoms with E-state index >= 15 is 0 Å². The summed E-state index contributed by atoms with van der Waals surface area (Å²) in [7, 11) is 0. The molecule has 0 radical (unpaired) electrons. The number of ether oxygens (including phenoxy) is 1. The van der Waals surface area contributed by atoms with Gasteiger partial charge in [0.05, 0.1) is 17.7 Å². The van der Waals surface area contributed by atoms with E-state index in [4.69, 9.17) is 11.2 Å². The lowest BCUT2D eigenvalue weighted by Gasteiger charge is -2.07. The van der Waals surface area contributed by atoms with Crippen LogP contribution in [0.25, 0.3) is 21.3 Å². The van der Waals surface area contributed by atoms with Gasteiger partial charge in [-0.3, -0.25) is 0 Å². The molecule has 0 saturated heterocycles. The van der Waals surface area contributed by atoms with Crippen LogP contribution in [0.3, 0.4) is 0 Å². The van der Waals surface area contributed by atoms with Crippen LogP contribution in [-0.4, -0.2) is 22.3 Å². The third kappa shape index (κ3) is 3.34. The maximum Gasteiger partial charge on any atom is 0.128 e. The Balaban J connectivity index is 2.08. The van der Waals surface area contributed by atoms with E-state index in [0.29, 0.717) is 12.4 Å². The van der Waals surface area contributed by atoms with E-state index in [2.05, 4.69) is 33.4 Å². The highest BCUT2D eigenvalue weighted by Crippen LogP contribution is 2.38. The molecule has 5 heteroatoms. The third-order valence-electron chi connectivity index (χ3n) is 3.28. The van der Waals surface area contributed by atoms with Gasteiger partial charge in [0.15, 0.2) is 0 Å². The Morgan fingerprint density at radius 3 is 2.74 bits per heavy atom. The molecule has 0 aliphatic rings. The van der Waals surface area contributed by atoms with E-state index in [-0.39, 0.29) is 0 Å². The summed E-state index contributed by atoms with van der Waals surface area (Å²) in [6, 6.07) is 8.13.